The molecule has 0 amide bonds. The molecule has 0 saturated heterocycles. The van der Waals surface area contributed by atoms with Gasteiger partial charge in [0.15, 0.2) is 0 Å². The smallest absolute Gasteiger partial charge is 0.326 e. The van der Waals surface area contributed by atoms with Gasteiger partial charge < -0.3 is 15.7 Å². The van der Waals surface area contributed by atoms with Crippen LogP contribution >= 0.6 is 15.9 Å². The fourth-order valence-corrected chi connectivity index (χ4v) is 1.99. The first-order valence-corrected chi connectivity index (χ1v) is 7.15. The predicted molar refractivity (Wildman–Crippen MR) is 80.9 cm³/mol. The van der Waals surface area contributed by atoms with E-state index in [-0.39, 0.29) is 5.69 Å². The van der Waals surface area contributed by atoms with Gasteiger partial charge >= 0.3 is 5.97 Å². The van der Waals surface area contributed by atoms with E-state index in [0.717, 1.165) is 6.42 Å². The normalized spacial score (nSPS) is 12.9. The van der Waals surface area contributed by atoms with Crippen molar-refractivity contribution in [3.63, 3.8) is 0 Å². The van der Waals surface area contributed by atoms with Crippen molar-refractivity contribution in [3.8, 4) is 0 Å². The van der Waals surface area contributed by atoms with Crippen LogP contribution in [0, 0.1) is 5.82 Å². The lowest BCUT2D eigenvalue weighted by molar-refractivity contribution is -0.139. The van der Waals surface area contributed by atoms with Crippen LogP contribution in [0.15, 0.2) is 34.6 Å². The number of halogens is 2. The number of allylic oxidation sites excluding steroid dienone is 1. The molecule has 1 aromatic carbocycles. The Kier molecular flexibility index (Phi) is 6.51. The summed E-state index contributed by atoms with van der Waals surface area (Å²) < 4.78 is 14.4. The van der Waals surface area contributed by atoms with Crippen molar-refractivity contribution in [1.82, 2.24) is 5.32 Å². The van der Waals surface area contributed by atoms with Crippen molar-refractivity contribution in [2.75, 3.05) is 5.32 Å². The van der Waals surface area contributed by atoms with Gasteiger partial charge in [0.05, 0.1) is 11.5 Å². The molecule has 110 valence electrons. The Hall–Kier alpha value is -1.56. The standard InChI is InChI=1S/C14H18BrFN2O2/c1-3-5-12(14(19)20)18-13(4-2)17-11-7-6-9(15)8-10(11)16/h4,6-8,12,17-18H,3,5H2,1-2H3,(H,19,20). The van der Waals surface area contributed by atoms with Gasteiger partial charge in [0.2, 0.25) is 0 Å². The fourth-order valence-electron chi connectivity index (χ4n) is 1.66. The van der Waals surface area contributed by atoms with Crippen molar-refractivity contribution >= 4 is 27.6 Å². The third-order valence-corrected chi connectivity index (χ3v) is 3.19. The molecule has 1 atom stereocenters. The molecule has 1 aromatic rings. The van der Waals surface area contributed by atoms with Crippen molar-refractivity contribution < 1.29 is 14.3 Å². The predicted octanol–water partition coefficient (Wildman–Crippen LogP) is 3.70. The molecular formula is C14H18BrFN2O2. The van der Waals surface area contributed by atoms with Crippen LogP contribution in [-0.2, 0) is 4.79 Å². The highest BCUT2D eigenvalue weighted by Gasteiger charge is 2.17. The highest BCUT2D eigenvalue weighted by atomic mass is 79.9. The number of carboxylic acids is 1. The summed E-state index contributed by atoms with van der Waals surface area (Å²) in [5.41, 5.74) is 0.287. The fraction of sp³-hybridized carbons (Fsp3) is 0.357. The Morgan fingerprint density at radius 1 is 1.55 bits per heavy atom. The summed E-state index contributed by atoms with van der Waals surface area (Å²) in [7, 11) is 0. The molecule has 0 saturated carbocycles. The van der Waals surface area contributed by atoms with E-state index < -0.39 is 17.8 Å². The molecule has 0 radical (unpaired) electrons. The summed E-state index contributed by atoms with van der Waals surface area (Å²) in [6, 6.07) is 3.94. The van der Waals surface area contributed by atoms with Crippen LogP contribution in [-0.4, -0.2) is 17.1 Å². The molecule has 0 bridgehead atoms. The zero-order valence-corrected chi connectivity index (χ0v) is 13.0. The average molecular weight is 345 g/mol. The van der Waals surface area contributed by atoms with Gasteiger partial charge in [-0.25, -0.2) is 9.18 Å². The number of rotatable bonds is 7. The van der Waals surface area contributed by atoms with Gasteiger partial charge in [-0.05, 0) is 37.6 Å². The second-order valence-corrected chi connectivity index (χ2v) is 5.19. The quantitative estimate of drug-likeness (QED) is 0.705. The van der Waals surface area contributed by atoms with E-state index >= 15 is 0 Å². The van der Waals surface area contributed by atoms with Gasteiger partial charge in [-0.2, -0.15) is 0 Å². The number of nitrogens with one attached hydrogen (secondary N) is 2. The first kappa shape index (κ1) is 16.5. The maximum atomic E-state index is 13.7. The number of anilines is 1. The van der Waals surface area contributed by atoms with E-state index in [9.17, 15) is 9.18 Å². The van der Waals surface area contributed by atoms with Crippen LogP contribution in [0.1, 0.15) is 26.7 Å². The zero-order valence-electron chi connectivity index (χ0n) is 11.4. The van der Waals surface area contributed by atoms with Crippen LogP contribution < -0.4 is 10.6 Å². The summed E-state index contributed by atoms with van der Waals surface area (Å²) >= 11 is 3.18. The van der Waals surface area contributed by atoms with Gasteiger partial charge in [0.25, 0.3) is 0 Å². The average Bonchev–Trinajstić information content (AvgIpc) is 2.39. The van der Waals surface area contributed by atoms with Crippen LogP contribution in [0.2, 0.25) is 0 Å². The Balaban J connectivity index is 2.79. The van der Waals surface area contributed by atoms with Crippen molar-refractivity contribution in [2.24, 2.45) is 0 Å². The summed E-state index contributed by atoms with van der Waals surface area (Å²) in [5, 5.41) is 14.8. The number of carboxylic acid groups (broad SMARTS) is 1. The Bertz CT molecular complexity index is 506. The Morgan fingerprint density at radius 3 is 2.75 bits per heavy atom. The van der Waals surface area contributed by atoms with E-state index in [4.69, 9.17) is 5.11 Å². The lowest BCUT2D eigenvalue weighted by Gasteiger charge is -2.19. The summed E-state index contributed by atoms with van der Waals surface area (Å²) in [5.74, 6) is -0.876. The van der Waals surface area contributed by atoms with Gasteiger partial charge in [0, 0.05) is 4.47 Å². The van der Waals surface area contributed by atoms with Crippen molar-refractivity contribution in [2.45, 2.75) is 32.7 Å². The molecule has 20 heavy (non-hydrogen) atoms. The molecule has 1 unspecified atom stereocenters. The molecule has 0 heterocycles. The molecule has 0 aromatic heterocycles. The Labute approximate surface area is 126 Å². The zero-order chi connectivity index (χ0) is 15.1. The lowest BCUT2D eigenvalue weighted by atomic mass is 10.1. The molecule has 6 heteroatoms. The maximum Gasteiger partial charge on any atom is 0.326 e. The Morgan fingerprint density at radius 2 is 2.25 bits per heavy atom. The van der Waals surface area contributed by atoms with Crippen LogP contribution in [0.3, 0.4) is 0 Å². The summed E-state index contributed by atoms with van der Waals surface area (Å²) in [6.45, 7) is 3.66. The largest absolute Gasteiger partial charge is 0.480 e. The van der Waals surface area contributed by atoms with Gasteiger partial charge in [-0.15, -0.1) is 0 Å². The topological polar surface area (TPSA) is 61.4 Å². The highest BCUT2D eigenvalue weighted by Crippen LogP contribution is 2.20. The first-order chi connectivity index (χ1) is 9.47. The first-order valence-electron chi connectivity index (χ1n) is 6.35. The lowest BCUT2D eigenvalue weighted by Crippen LogP contribution is -2.38. The molecular weight excluding hydrogens is 327 g/mol. The molecule has 1 rings (SSSR count). The van der Waals surface area contributed by atoms with Crippen LogP contribution in [0.4, 0.5) is 10.1 Å². The number of aliphatic carboxylic acids is 1. The van der Waals surface area contributed by atoms with Crippen molar-refractivity contribution in [3.05, 3.63) is 40.4 Å². The van der Waals surface area contributed by atoms with Gasteiger partial charge in [0.1, 0.15) is 11.9 Å². The van der Waals surface area contributed by atoms with Crippen LogP contribution in [0.5, 0.6) is 0 Å². The second kappa shape index (κ2) is 7.89. The third-order valence-electron chi connectivity index (χ3n) is 2.69. The second-order valence-electron chi connectivity index (χ2n) is 4.28. The van der Waals surface area contributed by atoms with E-state index in [0.29, 0.717) is 16.7 Å². The number of hydrogen-bond donors (Lipinski definition) is 3. The highest BCUT2D eigenvalue weighted by molar-refractivity contribution is 9.10. The van der Waals surface area contributed by atoms with Crippen molar-refractivity contribution in [1.29, 1.82) is 0 Å². The molecule has 0 spiro atoms. The van der Waals surface area contributed by atoms with E-state index in [1.54, 1.807) is 25.1 Å². The van der Waals surface area contributed by atoms with E-state index in [1.807, 2.05) is 6.92 Å². The third kappa shape index (κ3) is 4.85. The molecule has 0 aliphatic heterocycles. The minimum absolute atomic E-state index is 0.287. The van der Waals surface area contributed by atoms with E-state index in [1.165, 1.54) is 6.07 Å². The number of benzene rings is 1. The maximum absolute atomic E-state index is 13.7. The summed E-state index contributed by atoms with van der Waals surface area (Å²) in [6.07, 6.45) is 2.91. The van der Waals surface area contributed by atoms with Gasteiger partial charge in [-0.1, -0.05) is 29.3 Å². The number of hydrogen-bond acceptors (Lipinski definition) is 3. The molecule has 3 N–H and O–H groups in total. The molecule has 0 aliphatic carbocycles. The number of carbonyl (C=O) groups is 1. The SMILES string of the molecule is CC=C(Nc1ccc(Br)cc1F)NC(CCC)C(=O)O. The summed E-state index contributed by atoms with van der Waals surface area (Å²) in [4.78, 5) is 11.1. The molecule has 0 aliphatic rings. The van der Waals surface area contributed by atoms with Gasteiger partial charge in [-0.3, -0.25) is 0 Å². The molecule has 0 fully saturated rings. The molecule has 4 nitrogen and oxygen atoms in total. The van der Waals surface area contributed by atoms with Crippen LogP contribution in [0.25, 0.3) is 0 Å². The minimum atomic E-state index is -0.927. The minimum Gasteiger partial charge on any atom is -0.480 e. The van der Waals surface area contributed by atoms with E-state index in [2.05, 4.69) is 26.6 Å². The monoisotopic (exact) mass is 344 g/mol.